The summed E-state index contributed by atoms with van der Waals surface area (Å²) < 4.78 is 0. The molecule has 0 saturated heterocycles. The van der Waals surface area contributed by atoms with E-state index in [2.05, 4.69) is 144 Å². The van der Waals surface area contributed by atoms with E-state index in [0.29, 0.717) is 0 Å². The van der Waals surface area contributed by atoms with Gasteiger partial charge in [-0.1, -0.05) is 124 Å². The maximum atomic E-state index is 4.88. The average Bonchev–Trinajstić information content (AvgIpc) is 3.02. The third-order valence-corrected chi connectivity index (χ3v) is 7.69. The zero-order valence-corrected chi connectivity index (χ0v) is 28.2. The summed E-state index contributed by atoms with van der Waals surface area (Å²) >= 11 is 0. The molecule has 1 aliphatic carbocycles. The number of benzene rings is 1. The fourth-order valence-electron chi connectivity index (χ4n) is 5.03. The number of likely N-dealkylation sites (N-methyl/N-ethyl adjacent to an activating group) is 1. The van der Waals surface area contributed by atoms with Crippen LogP contribution in [0.25, 0.3) is 5.57 Å². The SMILES string of the molecule is C=CC(=C\N=C(/C)[C@H]1C=C(CN(C)C(=C)/C=C\C(=C)c2cccc(C)c2)C=CC1)/C(/C=C\C=C\CN(CCC)CCC)=C/C. The molecular weight excluding hydrogens is 534 g/mol. The minimum absolute atomic E-state index is 0.261. The van der Waals surface area contributed by atoms with Gasteiger partial charge in [0.1, 0.15) is 0 Å². The van der Waals surface area contributed by atoms with E-state index in [0.717, 1.165) is 66.3 Å². The topological polar surface area (TPSA) is 18.8 Å². The Morgan fingerprint density at radius 2 is 1.80 bits per heavy atom. The van der Waals surface area contributed by atoms with Crippen molar-refractivity contribution < 1.29 is 0 Å². The predicted octanol–water partition coefficient (Wildman–Crippen LogP) is 10.2. The maximum Gasteiger partial charge on any atom is 0.0422 e. The Kier molecular flexibility index (Phi) is 16.5. The normalized spacial score (nSPS) is 16.4. The molecule has 0 saturated carbocycles. The first-order chi connectivity index (χ1) is 21.2. The largest absolute Gasteiger partial charge is 0.371 e. The second kappa shape index (κ2) is 20.1. The van der Waals surface area contributed by atoms with Crippen molar-refractivity contribution in [3.63, 3.8) is 0 Å². The van der Waals surface area contributed by atoms with E-state index in [1.54, 1.807) is 0 Å². The number of allylic oxidation sites excluding steroid dienone is 12. The van der Waals surface area contributed by atoms with Gasteiger partial charge < -0.3 is 4.90 Å². The zero-order valence-electron chi connectivity index (χ0n) is 28.2. The first-order valence-electron chi connectivity index (χ1n) is 16.0. The number of rotatable bonds is 18. The van der Waals surface area contributed by atoms with E-state index >= 15 is 0 Å². The van der Waals surface area contributed by atoms with Gasteiger partial charge in [0.25, 0.3) is 0 Å². The molecule has 1 aromatic rings. The second-order valence-electron chi connectivity index (χ2n) is 11.5. The van der Waals surface area contributed by atoms with Gasteiger partial charge in [-0.15, -0.1) is 0 Å². The number of aliphatic imine (C=N–C) groups is 1. The van der Waals surface area contributed by atoms with Crippen molar-refractivity contribution in [2.75, 3.05) is 33.2 Å². The van der Waals surface area contributed by atoms with Gasteiger partial charge in [0.05, 0.1) is 0 Å². The van der Waals surface area contributed by atoms with Crippen molar-refractivity contribution in [3.05, 3.63) is 151 Å². The molecular formula is C41H55N3. The molecule has 0 N–H and O–H groups in total. The van der Waals surface area contributed by atoms with Crippen LogP contribution in [-0.4, -0.2) is 48.7 Å². The van der Waals surface area contributed by atoms with Crippen LogP contribution in [0.5, 0.6) is 0 Å². The summed E-state index contributed by atoms with van der Waals surface area (Å²) in [5, 5.41) is 0. The summed E-state index contributed by atoms with van der Waals surface area (Å²) in [6, 6.07) is 8.40. The molecule has 0 radical (unpaired) electrons. The van der Waals surface area contributed by atoms with Crippen LogP contribution in [0, 0.1) is 12.8 Å². The van der Waals surface area contributed by atoms with Gasteiger partial charge in [-0.05, 0) is 87.1 Å². The maximum absolute atomic E-state index is 4.88. The minimum atomic E-state index is 0.261. The molecule has 3 heteroatoms. The van der Waals surface area contributed by atoms with Crippen LogP contribution in [0.2, 0.25) is 0 Å². The van der Waals surface area contributed by atoms with Gasteiger partial charge in [-0.25, -0.2) is 0 Å². The molecule has 0 aliphatic heterocycles. The highest BCUT2D eigenvalue weighted by atomic mass is 15.1. The molecule has 2 rings (SSSR count). The lowest BCUT2D eigenvalue weighted by atomic mass is 9.92. The number of aryl methyl sites for hydroxylation is 1. The lowest BCUT2D eigenvalue weighted by molar-refractivity contribution is 0.303. The first kappa shape index (κ1) is 36.2. The van der Waals surface area contributed by atoms with Crippen molar-refractivity contribution in [2.45, 2.75) is 53.9 Å². The smallest absolute Gasteiger partial charge is 0.0422 e. The summed E-state index contributed by atoms with van der Waals surface area (Å²) in [5.41, 5.74) is 8.76. The summed E-state index contributed by atoms with van der Waals surface area (Å²) in [6.45, 7) is 27.4. The molecule has 0 aromatic heterocycles. The molecule has 1 atom stereocenters. The second-order valence-corrected chi connectivity index (χ2v) is 11.5. The Morgan fingerprint density at radius 3 is 2.45 bits per heavy atom. The summed E-state index contributed by atoms with van der Waals surface area (Å²) in [4.78, 5) is 9.54. The Hall–Kier alpha value is -3.95. The lowest BCUT2D eigenvalue weighted by Crippen LogP contribution is -2.25. The Morgan fingerprint density at radius 1 is 1.05 bits per heavy atom. The van der Waals surface area contributed by atoms with E-state index in [4.69, 9.17) is 4.99 Å². The highest BCUT2D eigenvalue weighted by molar-refractivity contribution is 5.87. The number of nitrogens with zero attached hydrogens (tertiary/aromatic N) is 3. The summed E-state index contributed by atoms with van der Waals surface area (Å²) in [5.74, 6) is 0.261. The van der Waals surface area contributed by atoms with Crippen molar-refractivity contribution >= 4 is 11.3 Å². The fraction of sp³-hybridized carbons (Fsp3) is 0.341. The van der Waals surface area contributed by atoms with E-state index in [1.807, 2.05) is 24.4 Å². The molecule has 0 bridgehead atoms. The predicted molar refractivity (Wildman–Crippen MR) is 197 cm³/mol. The van der Waals surface area contributed by atoms with Gasteiger partial charge in [0.2, 0.25) is 0 Å². The Balaban J connectivity index is 2.02. The third-order valence-electron chi connectivity index (χ3n) is 7.69. The molecule has 44 heavy (non-hydrogen) atoms. The minimum Gasteiger partial charge on any atom is -0.371 e. The Bertz CT molecular complexity index is 1350. The van der Waals surface area contributed by atoms with Crippen LogP contribution in [0.15, 0.2) is 144 Å². The highest BCUT2D eigenvalue weighted by Gasteiger charge is 2.14. The van der Waals surface area contributed by atoms with Crippen LogP contribution < -0.4 is 0 Å². The van der Waals surface area contributed by atoms with Crippen LogP contribution in [0.3, 0.4) is 0 Å². The summed E-state index contributed by atoms with van der Waals surface area (Å²) in [7, 11) is 2.08. The molecule has 234 valence electrons. The highest BCUT2D eigenvalue weighted by Crippen LogP contribution is 2.22. The number of hydrogen-bond donors (Lipinski definition) is 0. The van der Waals surface area contributed by atoms with Crippen LogP contribution in [0.1, 0.15) is 58.1 Å². The fourth-order valence-corrected chi connectivity index (χ4v) is 5.03. The van der Waals surface area contributed by atoms with Crippen molar-refractivity contribution in [1.29, 1.82) is 0 Å². The monoisotopic (exact) mass is 589 g/mol. The first-order valence-corrected chi connectivity index (χ1v) is 16.0. The van der Waals surface area contributed by atoms with Crippen molar-refractivity contribution in [1.82, 2.24) is 9.80 Å². The quantitative estimate of drug-likeness (QED) is 0.125. The van der Waals surface area contributed by atoms with Crippen LogP contribution in [0.4, 0.5) is 0 Å². The molecule has 0 unspecified atom stereocenters. The molecule has 0 heterocycles. The van der Waals surface area contributed by atoms with Gasteiger partial charge in [-0.2, -0.15) is 0 Å². The van der Waals surface area contributed by atoms with Gasteiger partial charge in [0, 0.05) is 43.7 Å². The number of hydrogen-bond acceptors (Lipinski definition) is 3. The molecule has 3 nitrogen and oxygen atoms in total. The van der Waals surface area contributed by atoms with E-state index in [-0.39, 0.29) is 5.92 Å². The Labute approximate surface area is 269 Å². The summed E-state index contributed by atoms with van der Waals surface area (Å²) in [6.07, 6.45) is 28.8. The molecule has 0 spiro atoms. The van der Waals surface area contributed by atoms with Gasteiger partial charge >= 0.3 is 0 Å². The molecule has 0 fully saturated rings. The van der Waals surface area contributed by atoms with Crippen molar-refractivity contribution in [3.8, 4) is 0 Å². The average molecular weight is 590 g/mol. The van der Waals surface area contributed by atoms with E-state index in [9.17, 15) is 0 Å². The third kappa shape index (κ3) is 12.7. The standard InChI is InChI=1S/C41H55N3/c1-10-26-44(27-11-2)28-16-14-15-21-38(12-3)39(13-4)31-42-36(8)41-23-18-20-37(30-41)32-43(9)35(7)25-24-34(6)40-22-17-19-33(5)29-40/h12-22,24-25,29-31,41H,4,6-7,10-11,23,26-28,32H2,1-3,5,8-9H3/b16-14+,21-15-,25-24-,38-12+,39-31+,42-36+/t41-/m1/s1. The van der Waals surface area contributed by atoms with Gasteiger partial charge in [0.15, 0.2) is 0 Å². The molecule has 0 amide bonds. The van der Waals surface area contributed by atoms with Crippen molar-refractivity contribution in [2.24, 2.45) is 10.9 Å². The van der Waals surface area contributed by atoms with E-state index < -0.39 is 0 Å². The van der Waals surface area contributed by atoms with E-state index in [1.165, 1.54) is 24.0 Å². The molecule has 1 aliphatic rings. The molecule has 1 aromatic carbocycles. The van der Waals surface area contributed by atoms with Crippen LogP contribution >= 0.6 is 0 Å². The lowest BCUT2D eigenvalue weighted by Gasteiger charge is -2.23. The van der Waals surface area contributed by atoms with Crippen LogP contribution in [-0.2, 0) is 0 Å². The van der Waals surface area contributed by atoms with Gasteiger partial charge in [-0.3, -0.25) is 9.89 Å². The zero-order chi connectivity index (χ0) is 32.3.